The highest BCUT2D eigenvalue weighted by Crippen LogP contribution is 2.34. The molecule has 0 saturated carbocycles. The molecule has 2 aromatic rings. The maximum Gasteiger partial charge on any atom is 0.418 e. The number of aryl methyl sites for hydroxylation is 1. The minimum Gasteiger partial charge on any atom is -0.326 e. The molecule has 1 heterocycles. The minimum absolute atomic E-state index is 0.0234. The molecule has 0 atom stereocenters. The smallest absolute Gasteiger partial charge is 0.326 e. The van der Waals surface area contributed by atoms with E-state index >= 15 is 0 Å². The van der Waals surface area contributed by atoms with Gasteiger partial charge in [0.15, 0.2) is 0 Å². The molecule has 19 heavy (non-hydrogen) atoms. The summed E-state index contributed by atoms with van der Waals surface area (Å²) in [5, 5.41) is 4.16. The van der Waals surface area contributed by atoms with Gasteiger partial charge in [0, 0.05) is 17.8 Å². The summed E-state index contributed by atoms with van der Waals surface area (Å²) >= 11 is 0. The van der Waals surface area contributed by atoms with E-state index in [4.69, 9.17) is 5.73 Å². The number of hydrogen-bond acceptors (Lipinski definition) is 2. The van der Waals surface area contributed by atoms with Gasteiger partial charge in [0.05, 0.1) is 16.9 Å². The van der Waals surface area contributed by atoms with E-state index in [2.05, 4.69) is 5.10 Å². The molecular formula is C13H14F3N3. The summed E-state index contributed by atoms with van der Waals surface area (Å²) in [6.07, 6.45) is -4.41. The maximum atomic E-state index is 13.0. The van der Waals surface area contributed by atoms with Crippen molar-refractivity contribution in [3.8, 4) is 5.69 Å². The van der Waals surface area contributed by atoms with Crippen molar-refractivity contribution in [2.45, 2.75) is 26.6 Å². The largest absolute Gasteiger partial charge is 0.418 e. The van der Waals surface area contributed by atoms with Gasteiger partial charge in [0.25, 0.3) is 0 Å². The van der Waals surface area contributed by atoms with Gasteiger partial charge in [-0.25, -0.2) is 4.68 Å². The summed E-state index contributed by atoms with van der Waals surface area (Å²) in [5.41, 5.74) is 6.97. The molecule has 0 aliphatic rings. The molecule has 1 aromatic carbocycles. The average Bonchev–Trinajstić information content (AvgIpc) is 2.63. The maximum absolute atomic E-state index is 13.0. The van der Waals surface area contributed by atoms with Crippen molar-refractivity contribution < 1.29 is 13.2 Å². The first-order chi connectivity index (χ1) is 8.86. The van der Waals surface area contributed by atoms with Crippen molar-refractivity contribution in [2.75, 3.05) is 0 Å². The SMILES string of the molecule is Cc1nn(-c2ccccc2C(F)(F)F)c(C)c1CN. The molecule has 102 valence electrons. The number of benzene rings is 1. The van der Waals surface area contributed by atoms with E-state index in [9.17, 15) is 13.2 Å². The lowest BCUT2D eigenvalue weighted by atomic mass is 10.1. The molecule has 2 rings (SSSR count). The summed E-state index contributed by atoms with van der Waals surface area (Å²) in [6, 6.07) is 5.38. The molecule has 6 heteroatoms. The topological polar surface area (TPSA) is 43.8 Å². The normalized spacial score (nSPS) is 11.9. The third-order valence-corrected chi connectivity index (χ3v) is 3.08. The van der Waals surface area contributed by atoms with Crippen LogP contribution in [-0.2, 0) is 12.7 Å². The van der Waals surface area contributed by atoms with Crippen LogP contribution in [-0.4, -0.2) is 9.78 Å². The molecule has 0 fully saturated rings. The lowest BCUT2D eigenvalue weighted by Crippen LogP contribution is -2.12. The second-order valence-corrected chi connectivity index (χ2v) is 4.28. The van der Waals surface area contributed by atoms with E-state index in [-0.39, 0.29) is 12.2 Å². The molecule has 0 aliphatic carbocycles. The number of nitrogens with two attached hydrogens (primary N) is 1. The Labute approximate surface area is 108 Å². The number of alkyl halides is 3. The van der Waals surface area contributed by atoms with Crippen LogP contribution in [0.2, 0.25) is 0 Å². The summed E-state index contributed by atoms with van der Waals surface area (Å²) in [5.74, 6) is 0. The standard InChI is InChI=1S/C13H14F3N3/c1-8-10(7-17)9(2)19(18-8)12-6-4-3-5-11(12)13(14,15)16/h3-6H,7,17H2,1-2H3. The van der Waals surface area contributed by atoms with Crippen LogP contribution in [0.4, 0.5) is 13.2 Å². The lowest BCUT2D eigenvalue weighted by Gasteiger charge is -2.13. The number of nitrogens with zero attached hydrogens (tertiary/aromatic N) is 2. The Bertz CT molecular complexity index is 600. The van der Waals surface area contributed by atoms with Crippen LogP contribution in [0.5, 0.6) is 0 Å². The van der Waals surface area contributed by atoms with Crippen LogP contribution in [0.3, 0.4) is 0 Å². The second-order valence-electron chi connectivity index (χ2n) is 4.28. The van der Waals surface area contributed by atoms with Gasteiger partial charge in [-0.2, -0.15) is 18.3 Å². The lowest BCUT2D eigenvalue weighted by molar-refractivity contribution is -0.137. The summed E-state index contributed by atoms with van der Waals surface area (Å²) < 4.78 is 40.3. The Morgan fingerprint density at radius 3 is 2.37 bits per heavy atom. The molecule has 0 aliphatic heterocycles. The summed E-state index contributed by atoms with van der Waals surface area (Å²) in [4.78, 5) is 0. The fourth-order valence-corrected chi connectivity index (χ4v) is 2.10. The van der Waals surface area contributed by atoms with Crippen LogP contribution < -0.4 is 5.73 Å². The van der Waals surface area contributed by atoms with Crippen LogP contribution >= 0.6 is 0 Å². The molecule has 0 amide bonds. The van der Waals surface area contributed by atoms with Crippen molar-refractivity contribution >= 4 is 0 Å². The number of rotatable bonds is 2. The first-order valence-corrected chi connectivity index (χ1v) is 5.78. The predicted molar refractivity (Wildman–Crippen MR) is 65.9 cm³/mol. The Balaban J connectivity index is 2.67. The number of aromatic nitrogens is 2. The van der Waals surface area contributed by atoms with Crippen molar-refractivity contribution in [1.29, 1.82) is 0 Å². The fourth-order valence-electron chi connectivity index (χ4n) is 2.10. The van der Waals surface area contributed by atoms with Gasteiger partial charge < -0.3 is 5.73 Å². The van der Waals surface area contributed by atoms with Crippen molar-refractivity contribution in [3.05, 3.63) is 46.8 Å². The third-order valence-electron chi connectivity index (χ3n) is 3.08. The molecule has 2 N–H and O–H groups in total. The second kappa shape index (κ2) is 4.70. The van der Waals surface area contributed by atoms with E-state index < -0.39 is 11.7 Å². The highest BCUT2D eigenvalue weighted by Gasteiger charge is 2.34. The highest BCUT2D eigenvalue weighted by molar-refractivity contribution is 5.45. The minimum atomic E-state index is -4.41. The fraction of sp³-hybridized carbons (Fsp3) is 0.308. The summed E-state index contributed by atoms with van der Waals surface area (Å²) in [7, 11) is 0. The van der Waals surface area contributed by atoms with Gasteiger partial charge in [0.1, 0.15) is 0 Å². The zero-order valence-electron chi connectivity index (χ0n) is 10.6. The van der Waals surface area contributed by atoms with Gasteiger partial charge in [-0.3, -0.25) is 0 Å². The van der Waals surface area contributed by atoms with Crippen molar-refractivity contribution in [2.24, 2.45) is 5.73 Å². The molecule has 0 spiro atoms. The number of halogens is 3. The Morgan fingerprint density at radius 2 is 1.84 bits per heavy atom. The van der Waals surface area contributed by atoms with Gasteiger partial charge in [-0.15, -0.1) is 0 Å². The van der Waals surface area contributed by atoms with Gasteiger partial charge >= 0.3 is 6.18 Å². The zero-order valence-corrected chi connectivity index (χ0v) is 10.6. The zero-order chi connectivity index (χ0) is 14.2. The van der Waals surface area contributed by atoms with Crippen LogP contribution in [0.15, 0.2) is 24.3 Å². The van der Waals surface area contributed by atoms with E-state index in [0.29, 0.717) is 11.4 Å². The third kappa shape index (κ3) is 2.35. The molecule has 1 aromatic heterocycles. The molecule has 0 unspecified atom stereocenters. The van der Waals surface area contributed by atoms with Gasteiger partial charge in [0.2, 0.25) is 0 Å². The van der Waals surface area contributed by atoms with Gasteiger partial charge in [-0.1, -0.05) is 12.1 Å². The van der Waals surface area contributed by atoms with Crippen molar-refractivity contribution in [3.63, 3.8) is 0 Å². The molecule has 0 saturated heterocycles. The van der Waals surface area contributed by atoms with E-state index in [1.54, 1.807) is 19.9 Å². The molecule has 0 bridgehead atoms. The van der Waals surface area contributed by atoms with Crippen LogP contribution in [0, 0.1) is 13.8 Å². The van der Waals surface area contributed by atoms with E-state index in [0.717, 1.165) is 11.6 Å². The highest BCUT2D eigenvalue weighted by atomic mass is 19.4. The quantitative estimate of drug-likeness (QED) is 0.910. The Kier molecular flexibility index (Phi) is 3.36. The van der Waals surface area contributed by atoms with Gasteiger partial charge in [-0.05, 0) is 26.0 Å². The number of para-hydroxylation sites is 1. The molecule has 3 nitrogen and oxygen atoms in total. The van der Waals surface area contributed by atoms with E-state index in [1.807, 2.05) is 0 Å². The van der Waals surface area contributed by atoms with Crippen LogP contribution in [0.25, 0.3) is 5.69 Å². The molecular weight excluding hydrogens is 255 g/mol. The molecule has 0 radical (unpaired) electrons. The predicted octanol–water partition coefficient (Wildman–Crippen LogP) is 2.97. The van der Waals surface area contributed by atoms with Crippen LogP contribution in [0.1, 0.15) is 22.5 Å². The average molecular weight is 269 g/mol. The number of hydrogen-bond donors (Lipinski definition) is 1. The summed E-state index contributed by atoms with van der Waals surface area (Å²) in [6.45, 7) is 3.71. The first kappa shape index (κ1) is 13.6. The monoisotopic (exact) mass is 269 g/mol. The first-order valence-electron chi connectivity index (χ1n) is 5.78. The Hall–Kier alpha value is -1.82. The Morgan fingerprint density at radius 1 is 1.21 bits per heavy atom. The van der Waals surface area contributed by atoms with E-state index in [1.165, 1.54) is 16.8 Å². The van der Waals surface area contributed by atoms with Crippen molar-refractivity contribution in [1.82, 2.24) is 9.78 Å².